The molecular weight excluding hydrogens is 440 g/mol. The van der Waals surface area contributed by atoms with Crippen molar-refractivity contribution in [3.8, 4) is 5.75 Å². The maximum atomic E-state index is 13.4. The van der Waals surface area contributed by atoms with Gasteiger partial charge >= 0.3 is 5.97 Å². The van der Waals surface area contributed by atoms with Crippen LogP contribution in [0.4, 0.5) is 11.4 Å². The van der Waals surface area contributed by atoms with Gasteiger partial charge in [0, 0.05) is 17.6 Å². The van der Waals surface area contributed by atoms with Gasteiger partial charge in [-0.1, -0.05) is 36.4 Å². The van der Waals surface area contributed by atoms with E-state index in [9.17, 15) is 18.6 Å². The van der Waals surface area contributed by atoms with Gasteiger partial charge in [-0.05, 0) is 55.0 Å². The fourth-order valence-electron chi connectivity index (χ4n) is 3.64. The molecule has 1 aliphatic rings. The number of benzene rings is 3. The first-order valence-electron chi connectivity index (χ1n) is 10.4. The summed E-state index contributed by atoms with van der Waals surface area (Å²) in [7, 11) is -1.32. The Bertz CT molecular complexity index is 1180. The Morgan fingerprint density at radius 2 is 1.33 bits per heavy atom. The van der Waals surface area contributed by atoms with Crippen LogP contribution in [0.25, 0.3) is 0 Å². The number of anilines is 2. The highest BCUT2D eigenvalue weighted by atomic mass is 32.2. The summed E-state index contributed by atoms with van der Waals surface area (Å²) >= 11 is 0. The van der Waals surface area contributed by atoms with E-state index in [1.165, 1.54) is 16.9 Å². The van der Waals surface area contributed by atoms with Crippen LogP contribution in [-0.2, 0) is 25.2 Å². The number of rotatable bonds is 7. The summed E-state index contributed by atoms with van der Waals surface area (Å²) in [6, 6.07) is 24.2. The molecule has 3 aromatic rings. The number of ether oxygens (including phenoxy) is 1. The molecule has 1 heterocycles. The molecule has 7 nitrogen and oxygen atoms in total. The molecule has 0 aromatic heterocycles. The van der Waals surface area contributed by atoms with Crippen molar-refractivity contribution in [1.82, 2.24) is 0 Å². The third-order valence-electron chi connectivity index (χ3n) is 5.16. The van der Waals surface area contributed by atoms with Gasteiger partial charge in [-0.3, -0.25) is 18.6 Å². The number of hydrazine groups is 1. The number of carbonyl (C=O) groups is 3. The van der Waals surface area contributed by atoms with Gasteiger partial charge in [-0.25, -0.2) is 10.0 Å². The van der Waals surface area contributed by atoms with E-state index in [1.807, 2.05) is 12.1 Å². The molecule has 0 saturated carbocycles. The third-order valence-corrected chi connectivity index (χ3v) is 6.56. The second kappa shape index (κ2) is 9.79. The smallest absolute Gasteiger partial charge is 0.308 e. The minimum atomic E-state index is -1.32. The van der Waals surface area contributed by atoms with Crippen LogP contribution >= 0.6 is 0 Å². The minimum Gasteiger partial charge on any atom is -0.427 e. The van der Waals surface area contributed by atoms with Crippen molar-refractivity contribution < 1.29 is 23.3 Å². The number of carbonyl (C=O) groups excluding carboxylic acids is 3. The lowest BCUT2D eigenvalue weighted by atomic mass is 10.1. The van der Waals surface area contributed by atoms with Gasteiger partial charge in [0.15, 0.2) is 0 Å². The topological polar surface area (TPSA) is 84.0 Å². The summed E-state index contributed by atoms with van der Waals surface area (Å²) in [5, 5.41) is 2.67. The normalized spacial score (nSPS) is 16.7. The summed E-state index contributed by atoms with van der Waals surface area (Å²) in [5.41, 5.74) is 1.01. The molecule has 168 valence electrons. The zero-order valence-corrected chi connectivity index (χ0v) is 18.7. The highest BCUT2D eigenvalue weighted by Crippen LogP contribution is 2.34. The van der Waals surface area contributed by atoms with Crippen LogP contribution in [0.2, 0.25) is 0 Å². The fourth-order valence-corrected chi connectivity index (χ4v) is 4.78. The predicted octanol–water partition coefficient (Wildman–Crippen LogP) is 3.72. The molecule has 0 spiro atoms. The molecule has 0 N–H and O–H groups in total. The number of hydrogen-bond donors (Lipinski definition) is 0. The average Bonchev–Trinajstić information content (AvgIpc) is 3.08. The predicted molar refractivity (Wildman–Crippen MR) is 125 cm³/mol. The number of nitrogens with zero attached hydrogens (tertiary/aromatic N) is 2. The third kappa shape index (κ3) is 4.85. The van der Waals surface area contributed by atoms with Gasteiger partial charge < -0.3 is 4.74 Å². The molecule has 2 amide bonds. The molecule has 3 aromatic carbocycles. The van der Waals surface area contributed by atoms with Crippen LogP contribution in [0, 0.1) is 5.92 Å². The van der Waals surface area contributed by atoms with Crippen LogP contribution in [0.1, 0.15) is 13.3 Å². The second-order valence-corrected chi connectivity index (χ2v) is 9.00. The van der Waals surface area contributed by atoms with Crippen molar-refractivity contribution in [3.63, 3.8) is 0 Å². The van der Waals surface area contributed by atoms with Gasteiger partial charge in [0.05, 0.1) is 22.2 Å². The van der Waals surface area contributed by atoms with E-state index >= 15 is 0 Å². The van der Waals surface area contributed by atoms with Crippen LogP contribution in [0.15, 0.2) is 89.8 Å². The van der Waals surface area contributed by atoms with E-state index < -0.39 is 28.6 Å². The molecule has 1 saturated heterocycles. The van der Waals surface area contributed by atoms with Gasteiger partial charge in [-0.15, -0.1) is 0 Å². The number of esters is 1. The van der Waals surface area contributed by atoms with Gasteiger partial charge in [0.1, 0.15) is 11.7 Å². The Labute approximate surface area is 194 Å². The van der Waals surface area contributed by atoms with Crippen molar-refractivity contribution in [2.24, 2.45) is 5.92 Å². The van der Waals surface area contributed by atoms with Crippen molar-refractivity contribution in [3.05, 3.63) is 84.9 Å². The van der Waals surface area contributed by atoms with Gasteiger partial charge in [-0.2, -0.15) is 0 Å². The monoisotopic (exact) mass is 462 g/mol. The zero-order valence-electron chi connectivity index (χ0n) is 17.9. The minimum absolute atomic E-state index is 0.157. The Morgan fingerprint density at radius 1 is 0.818 bits per heavy atom. The quantitative estimate of drug-likeness (QED) is 0.304. The molecule has 0 radical (unpaired) electrons. The van der Waals surface area contributed by atoms with Crippen LogP contribution < -0.4 is 14.8 Å². The molecule has 8 heteroatoms. The molecule has 2 atom stereocenters. The first kappa shape index (κ1) is 22.4. The average molecular weight is 463 g/mol. The maximum Gasteiger partial charge on any atom is 0.308 e. The number of para-hydroxylation sites is 1. The van der Waals surface area contributed by atoms with Crippen LogP contribution in [-0.4, -0.2) is 27.7 Å². The van der Waals surface area contributed by atoms with Crippen molar-refractivity contribution >= 4 is 40.0 Å². The van der Waals surface area contributed by atoms with Crippen molar-refractivity contribution in [2.45, 2.75) is 18.2 Å². The number of amides is 2. The van der Waals surface area contributed by atoms with Crippen LogP contribution in [0.5, 0.6) is 5.75 Å². The van der Waals surface area contributed by atoms with E-state index in [-0.39, 0.29) is 18.1 Å². The lowest BCUT2D eigenvalue weighted by Crippen LogP contribution is -2.41. The largest absolute Gasteiger partial charge is 0.427 e. The second-order valence-electron chi connectivity index (χ2n) is 7.43. The molecule has 1 fully saturated rings. The molecule has 33 heavy (non-hydrogen) atoms. The summed E-state index contributed by atoms with van der Waals surface area (Å²) < 4.78 is 17.7. The summed E-state index contributed by atoms with van der Waals surface area (Å²) in [6.45, 7) is 1.30. The Morgan fingerprint density at radius 3 is 1.88 bits per heavy atom. The van der Waals surface area contributed by atoms with Crippen molar-refractivity contribution in [2.75, 3.05) is 15.8 Å². The number of hydrogen-bond acceptors (Lipinski definition) is 5. The summed E-state index contributed by atoms with van der Waals surface area (Å²) in [4.78, 5) is 38.6. The van der Waals surface area contributed by atoms with E-state index in [4.69, 9.17) is 4.74 Å². The molecule has 4 rings (SSSR count). The Hall–Kier alpha value is -3.78. The van der Waals surface area contributed by atoms with Gasteiger partial charge in [0.25, 0.3) is 11.8 Å². The van der Waals surface area contributed by atoms with E-state index in [2.05, 4.69) is 0 Å². The highest BCUT2D eigenvalue weighted by molar-refractivity contribution is 7.85. The first-order valence-corrected chi connectivity index (χ1v) is 11.7. The van der Waals surface area contributed by atoms with E-state index in [0.29, 0.717) is 22.0 Å². The Kier molecular flexibility index (Phi) is 6.65. The fraction of sp³-hybridized carbons (Fsp3) is 0.160. The molecule has 2 unspecified atom stereocenters. The molecule has 0 aliphatic carbocycles. The standard InChI is InChI=1S/C25H22N2O5S/c1-18(28)32-21-14-12-20(13-15-21)27-25(30)23(16-17-33(31)22-10-6-3-7-11-22)24(29)26(27)19-8-4-2-5-9-19/h2-15,23H,16-17H2,1H3. The summed E-state index contributed by atoms with van der Waals surface area (Å²) in [6.07, 6.45) is 0.157. The van der Waals surface area contributed by atoms with Gasteiger partial charge in [0.2, 0.25) is 0 Å². The SMILES string of the molecule is CC(=O)Oc1ccc(N2C(=O)C(CCS(=O)c3ccccc3)C(=O)N2c2ccccc2)cc1. The molecule has 1 aliphatic heterocycles. The maximum absolute atomic E-state index is 13.4. The Balaban J connectivity index is 1.61. The lowest BCUT2D eigenvalue weighted by molar-refractivity contribution is -0.132. The lowest BCUT2D eigenvalue weighted by Gasteiger charge is -2.27. The summed E-state index contributed by atoms with van der Waals surface area (Å²) in [5.74, 6) is -1.65. The molecular formula is C25H22N2O5S. The zero-order chi connectivity index (χ0) is 23.4. The van der Waals surface area contributed by atoms with E-state index in [1.54, 1.807) is 72.8 Å². The molecule has 0 bridgehead atoms. The van der Waals surface area contributed by atoms with Crippen molar-refractivity contribution in [1.29, 1.82) is 0 Å². The first-order chi connectivity index (χ1) is 16.0. The van der Waals surface area contributed by atoms with E-state index in [0.717, 1.165) is 0 Å². The highest BCUT2D eigenvalue weighted by Gasteiger charge is 2.46. The van der Waals surface area contributed by atoms with Crippen LogP contribution in [0.3, 0.4) is 0 Å².